The van der Waals surface area contributed by atoms with Gasteiger partial charge in [-0.15, -0.1) is 0 Å². The van der Waals surface area contributed by atoms with Crippen LogP contribution in [0.1, 0.15) is 40.0 Å². The van der Waals surface area contributed by atoms with E-state index in [0.717, 1.165) is 25.9 Å². The number of ether oxygens (including phenoxy) is 1. The van der Waals surface area contributed by atoms with E-state index in [0.29, 0.717) is 13.2 Å². The molecule has 3 unspecified atom stereocenters. The van der Waals surface area contributed by atoms with Crippen LogP contribution in [0.25, 0.3) is 0 Å². The normalized spacial score (nSPS) is 33.4. The van der Waals surface area contributed by atoms with Crippen molar-refractivity contribution in [1.29, 1.82) is 0 Å². The maximum Gasteiger partial charge on any atom is 0.0735 e. The van der Waals surface area contributed by atoms with Gasteiger partial charge in [0, 0.05) is 18.6 Å². The topological polar surface area (TPSA) is 55.5 Å². The molecule has 3 N–H and O–H groups in total. The number of hydrogen-bond acceptors (Lipinski definition) is 3. The van der Waals surface area contributed by atoms with Crippen LogP contribution < -0.4 is 5.73 Å². The molecule has 3 atom stereocenters. The smallest absolute Gasteiger partial charge is 0.0735 e. The fourth-order valence-electron chi connectivity index (χ4n) is 2.54. The molecule has 0 aromatic rings. The third-order valence-electron chi connectivity index (χ3n) is 4.36. The van der Waals surface area contributed by atoms with Crippen molar-refractivity contribution in [3.63, 3.8) is 0 Å². The van der Waals surface area contributed by atoms with Gasteiger partial charge in [0.15, 0.2) is 0 Å². The molecule has 3 heteroatoms. The summed E-state index contributed by atoms with van der Waals surface area (Å²) in [4.78, 5) is 0. The standard InChI is InChI=1S/C12H25NO2/c1-4-10(2)11(3,14)12(8-13)6-5-7-15-9-12/h10,14H,4-9,13H2,1-3H3. The van der Waals surface area contributed by atoms with Crippen molar-refractivity contribution in [3.8, 4) is 0 Å². The summed E-state index contributed by atoms with van der Waals surface area (Å²) in [6.45, 7) is 8.02. The number of nitrogens with two attached hydrogens (primary N) is 1. The largest absolute Gasteiger partial charge is 0.389 e. The quantitative estimate of drug-likeness (QED) is 0.748. The first-order valence-electron chi connectivity index (χ1n) is 6.00. The van der Waals surface area contributed by atoms with E-state index in [1.807, 2.05) is 6.92 Å². The number of hydrogen-bond donors (Lipinski definition) is 2. The lowest BCUT2D eigenvalue weighted by Gasteiger charge is -2.49. The highest BCUT2D eigenvalue weighted by molar-refractivity contribution is 5.00. The van der Waals surface area contributed by atoms with Gasteiger partial charge in [-0.2, -0.15) is 0 Å². The second kappa shape index (κ2) is 4.81. The molecule has 1 aliphatic heterocycles. The summed E-state index contributed by atoms with van der Waals surface area (Å²) in [5.74, 6) is 0.253. The lowest BCUT2D eigenvalue weighted by Crippen LogP contribution is -2.58. The minimum atomic E-state index is -0.725. The van der Waals surface area contributed by atoms with Crippen LogP contribution in [-0.4, -0.2) is 30.5 Å². The maximum absolute atomic E-state index is 10.7. The van der Waals surface area contributed by atoms with Gasteiger partial charge in [0.1, 0.15) is 0 Å². The molecule has 0 saturated carbocycles. The molecule has 0 spiro atoms. The molecular formula is C12H25NO2. The zero-order valence-corrected chi connectivity index (χ0v) is 10.3. The maximum atomic E-state index is 10.7. The van der Waals surface area contributed by atoms with E-state index in [4.69, 9.17) is 10.5 Å². The third-order valence-corrected chi connectivity index (χ3v) is 4.36. The SMILES string of the molecule is CCC(C)C(C)(O)C1(CN)CCCOC1. The molecule has 1 fully saturated rings. The van der Waals surface area contributed by atoms with Crippen molar-refractivity contribution < 1.29 is 9.84 Å². The second-order valence-corrected chi connectivity index (χ2v) is 5.10. The molecule has 3 nitrogen and oxygen atoms in total. The monoisotopic (exact) mass is 215 g/mol. The Labute approximate surface area is 93.0 Å². The summed E-state index contributed by atoms with van der Waals surface area (Å²) in [5.41, 5.74) is 4.90. The molecule has 0 aromatic heterocycles. The van der Waals surface area contributed by atoms with Gasteiger partial charge in [-0.05, 0) is 25.7 Å². The van der Waals surface area contributed by atoms with Gasteiger partial charge in [0.2, 0.25) is 0 Å². The fourth-order valence-corrected chi connectivity index (χ4v) is 2.54. The van der Waals surface area contributed by atoms with Crippen LogP contribution >= 0.6 is 0 Å². The Hall–Kier alpha value is -0.120. The second-order valence-electron chi connectivity index (χ2n) is 5.10. The molecule has 1 aliphatic rings. The average molecular weight is 215 g/mol. The zero-order valence-electron chi connectivity index (χ0n) is 10.3. The van der Waals surface area contributed by atoms with Crippen molar-refractivity contribution in [2.45, 2.75) is 45.6 Å². The van der Waals surface area contributed by atoms with Crippen LogP contribution in [0.4, 0.5) is 0 Å². The van der Waals surface area contributed by atoms with Gasteiger partial charge in [-0.25, -0.2) is 0 Å². The van der Waals surface area contributed by atoms with Crippen molar-refractivity contribution in [1.82, 2.24) is 0 Å². The van der Waals surface area contributed by atoms with E-state index in [1.54, 1.807) is 0 Å². The molecule has 0 aromatic carbocycles. The van der Waals surface area contributed by atoms with Gasteiger partial charge < -0.3 is 15.6 Å². The summed E-state index contributed by atoms with van der Waals surface area (Å²) in [5, 5.41) is 10.7. The van der Waals surface area contributed by atoms with Crippen molar-refractivity contribution >= 4 is 0 Å². The Balaban J connectivity index is 2.87. The zero-order chi connectivity index (χ0) is 11.5. The van der Waals surface area contributed by atoms with Crippen LogP contribution in [0.2, 0.25) is 0 Å². The first kappa shape index (κ1) is 12.9. The van der Waals surface area contributed by atoms with E-state index in [2.05, 4.69) is 13.8 Å². The van der Waals surface area contributed by atoms with E-state index >= 15 is 0 Å². The van der Waals surface area contributed by atoms with Crippen LogP contribution in [0.3, 0.4) is 0 Å². The molecule has 0 radical (unpaired) electrons. The Morgan fingerprint density at radius 2 is 2.27 bits per heavy atom. The van der Waals surface area contributed by atoms with Crippen molar-refractivity contribution in [3.05, 3.63) is 0 Å². The highest BCUT2D eigenvalue weighted by Gasteiger charge is 2.49. The Morgan fingerprint density at radius 3 is 2.67 bits per heavy atom. The molecule has 1 saturated heterocycles. The van der Waals surface area contributed by atoms with Crippen LogP contribution in [-0.2, 0) is 4.74 Å². The van der Waals surface area contributed by atoms with E-state index in [1.165, 1.54) is 0 Å². The Bertz CT molecular complexity index is 198. The van der Waals surface area contributed by atoms with E-state index in [-0.39, 0.29) is 11.3 Å². The highest BCUT2D eigenvalue weighted by Crippen LogP contribution is 2.43. The highest BCUT2D eigenvalue weighted by atomic mass is 16.5. The molecule has 1 rings (SSSR count). The van der Waals surface area contributed by atoms with Gasteiger partial charge in [0.05, 0.1) is 12.2 Å². The Kier molecular flexibility index (Phi) is 4.15. The van der Waals surface area contributed by atoms with E-state index < -0.39 is 5.60 Å². The van der Waals surface area contributed by atoms with Gasteiger partial charge in [-0.3, -0.25) is 0 Å². The van der Waals surface area contributed by atoms with Crippen molar-refractivity contribution in [2.75, 3.05) is 19.8 Å². The predicted molar refractivity (Wildman–Crippen MR) is 61.6 cm³/mol. The lowest BCUT2D eigenvalue weighted by atomic mass is 9.64. The summed E-state index contributed by atoms with van der Waals surface area (Å²) in [6, 6.07) is 0. The third kappa shape index (κ3) is 2.19. The van der Waals surface area contributed by atoms with Gasteiger partial charge in [-0.1, -0.05) is 20.3 Å². The minimum Gasteiger partial charge on any atom is -0.389 e. The van der Waals surface area contributed by atoms with Gasteiger partial charge in [0.25, 0.3) is 0 Å². The van der Waals surface area contributed by atoms with Crippen LogP contribution in [0.15, 0.2) is 0 Å². The minimum absolute atomic E-state index is 0.249. The summed E-state index contributed by atoms with van der Waals surface area (Å²) < 4.78 is 5.52. The first-order chi connectivity index (χ1) is 7.00. The molecule has 0 aliphatic carbocycles. The number of aliphatic hydroxyl groups is 1. The molecule has 0 bridgehead atoms. The summed E-state index contributed by atoms with van der Waals surface area (Å²) >= 11 is 0. The van der Waals surface area contributed by atoms with Crippen LogP contribution in [0.5, 0.6) is 0 Å². The summed E-state index contributed by atoms with van der Waals surface area (Å²) in [6.07, 6.45) is 2.94. The molecule has 15 heavy (non-hydrogen) atoms. The predicted octanol–water partition coefficient (Wildman–Crippen LogP) is 1.54. The Morgan fingerprint density at radius 1 is 1.60 bits per heavy atom. The fraction of sp³-hybridized carbons (Fsp3) is 1.00. The average Bonchev–Trinajstić information content (AvgIpc) is 2.28. The first-order valence-corrected chi connectivity index (χ1v) is 6.00. The number of rotatable bonds is 4. The van der Waals surface area contributed by atoms with Crippen LogP contribution in [0, 0.1) is 11.3 Å². The van der Waals surface area contributed by atoms with Gasteiger partial charge >= 0.3 is 0 Å². The molecule has 90 valence electrons. The lowest BCUT2D eigenvalue weighted by molar-refractivity contribution is -0.159. The summed E-state index contributed by atoms with van der Waals surface area (Å²) in [7, 11) is 0. The molecule has 1 heterocycles. The van der Waals surface area contributed by atoms with Crippen molar-refractivity contribution in [2.24, 2.45) is 17.1 Å². The molecule has 0 amide bonds. The van der Waals surface area contributed by atoms with E-state index in [9.17, 15) is 5.11 Å². The molecular weight excluding hydrogens is 190 g/mol.